The lowest BCUT2D eigenvalue weighted by molar-refractivity contribution is -0.127. The van der Waals surface area contributed by atoms with Crippen molar-refractivity contribution in [3.63, 3.8) is 0 Å². The Morgan fingerprint density at radius 1 is 1.00 bits per heavy atom. The first-order valence-electron chi connectivity index (χ1n) is 10.9. The Hall–Kier alpha value is -3.52. The van der Waals surface area contributed by atoms with E-state index in [0.717, 1.165) is 5.56 Å². The van der Waals surface area contributed by atoms with Crippen molar-refractivity contribution in [2.45, 2.75) is 32.7 Å². The molecule has 176 valence electrons. The van der Waals surface area contributed by atoms with Crippen molar-refractivity contribution in [1.82, 2.24) is 10.6 Å². The summed E-state index contributed by atoms with van der Waals surface area (Å²) in [5, 5.41) is 14.8. The fourth-order valence-electron chi connectivity index (χ4n) is 3.40. The number of hydrogen-bond acceptors (Lipinski definition) is 5. The van der Waals surface area contributed by atoms with E-state index in [0.29, 0.717) is 12.8 Å². The summed E-state index contributed by atoms with van der Waals surface area (Å²) >= 11 is 0. The average molecular weight is 454 g/mol. The maximum atomic E-state index is 13.0. The molecule has 8 heteroatoms. The molecule has 3 amide bonds. The van der Waals surface area contributed by atoms with Gasteiger partial charge >= 0.3 is 0 Å². The van der Waals surface area contributed by atoms with Crippen LogP contribution in [0.25, 0.3) is 0 Å². The Bertz CT molecular complexity index is 977. The molecular weight excluding hydrogens is 422 g/mol. The molecule has 0 radical (unpaired) electrons. The lowest BCUT2D eigenvalue weighted by Crippen LogP contribution is -2.51. The third-order valence-electron chi connectivity index (χ3n) is 5.65. The van der Waals surface area contributed by atoms with Crippen molar-refractivity contribution in [1.29, 1.82) is 0 Å². The van der Waals surface area contributed by atoms with Gasteiger partial charge in [0.1, 0.15) is 12.6 Å². The SMILES string of the molecule is CC[C@H](C)[C@H](NC(=O)c1cccc(C(N)=O)c1)C(=O)NC[C@H](Cc1ccccc1)C(=O)CO. The zero-order chi connectivity index (χ0) is 24.4. The molecule has 2 rings (SSSR count). The largest absolute Gasteiger partial charge is 0.389 e. The van der Waals surface area contributed by atoms with E-state index < -0.39 is 36.3 Å². The van der Waals surface area contributed by atoms with Crippen molar-refractivity contribution in [2.24, 2.45) is 17.6 Å². The quantitative estimate of drug-likeness (QED) is 0.385. The van der Waals surface area contributed by atoms with Gasteiger partial charge in [-0.2, -0.15) is 0 Å². The van der Waals surface area contributed by atoms with Gasteiger partial charge in [-0.15, -0.1) is 0 Å². The molecule has 0 aliphatic heterocycles. The van der Waals surface area contributed by atoms with Crippen molar-refractivity contribution in [2.75, 3.05) is 13.2 Å². The molecule has 0 unspecified atom stereocenters. The number of carbonyl (C=O) groups excluding carboxylic acids is 4. The summed E-state index contributed by atoms with van der Waals surface area (Å²) in [6.07, 6.45) is 1.00. The van der Waals surface area contributed by atoms with E-state index in [-0.39, 0.29) is 29.4 Å². The normalized spacial score (nSPS) is 13.4. The third kappa shape index (κ3) is 7.54. The van der Waals surface area contributed by atoms with E-state index in [4.69, 9.17) is 5.73 Å². The van der Waals surface area contributed by atoms with Crippen molar-refractivity contribution in [3.05, 3.63) is 71.3 Å². The maximum absolute atomic E-state index is 13.0. The number of nitrogens with one attached hydrogen (secondary N) is 2. The molecule has 8 nitrogen and oxygen atoms in total. The van der Waals surface area contributed by atoms with E-state index in [1.807, 2.05) is 44.2 Å². The topological polar surface area (TPSA) is 139 Å². The molecule has 5 N–H and O–H groups in total. The highest BCUT2D eigenvalue weighted by Crippen LogP contribution is 2.13. The summed E-state index contributed by atoms with van der Waals surface area (Å²) in [6.45, 7) is 3.16. The summed E-state index contributed by atoms with van der Waals surface area (Å²) in [4.78, 5) is 49.4. The van der Waals surface area contributed by atoms with Gasteiger partial charge in [0.05, 0.1) is 0 Å². The van der Waals surface area contributed by atoms with Gasteiger partial charge in [-0.3, -0.25) is 19.2 Å². The highest BCUT2D eigenvalue weighted by molar-refractivity contribution is 6.00. The third-order valence-corrected chi connectivity index (χ3v) is 5.65. The van der Waals surface area contributed by atoms with Crippen LogP contribution >= 0.6 is 0 Å². The lowest BCUT2D eigenvalue weighted by Gasteiger charge is -2.25. The minimum atomic E-state index is -0.846. The Morgan fingerprint density at radius 3 is 2.27 bits per heavy atom. The number of nitrogens with two attached hydrogens (primary N) is 1. The second-order valence-corrected chi connectivity index (χ2v) is 8.04. The number of rotatable bonds is 12. The second-order valence-electron chi connectivity index (χ2n) is 8.04. The van der Waals surface area contributed by atoms with Crippen LogP contribution in [0.2, 0.25) is 0 Å². The van der Waals surface area contributed by atoms with Crippen LogP contribution in [0, 0.1) is 11.8 Å². The van der Waals surface area contributed by atoms with Crippen molar-refractivity contribution in [3.8, 4) is 0 Å². The summed E-state index contributed by atoms with van der Waals surface area (Å²) < 4.78 is 0. The number of primary amides is 1. The lowest BCUT2D eigenvalue weighted by atomic mass is 9.94. The number of Topliss-reactive ketones (excluding diaryl/α,β-unsaturated/α-hetero) is 1. The number of aliphatic hydroxyl groups excluding tert-OH is 1. The van der Waals surface area contributed by atoms with Crippen LogP contribution in [0.5, 0.6) is 0 Å². The maximum Gasteiger partial charge on any atom is 0.251 e. The van der Waals surface area contributed by atoms with Gasteiger partial charge in [-0.05, 0) is 36.1 Å². The summed E-state index contributed by atoms with van der Waals surface area (Å²) in [5.41, 5.74) is 6.60. The second kappa shape index (κ2) is 12.5. The summed E-state index contributed by atoms with van der Waals surface area (Å²) in [6, 6.07) is 14.4. The first kappa shape index (κ1) is 25.7. The Morgan fingerprint density at radius 2 is 1.67 bits per heavy atom. The molecule has 33 heavy (non-hydrogen) atoms. The predicted molar refractivity (Wildman–Crippen MR) is 124 cm³/mol. The van der Waals surface area contributed by atoms with Gasteiger partial charge in [0.25, 0.3) is 5.91 Å². The van der Waals surface area contributed by atoms with Crippen molar-refractivity contribution >= 4 is 23.5 Å². The average Bonchev–Trinajstić information content (AvgIpc) is 2.84. The minimum Gasteiger partial charge on any atom is -0.389 e. The van der Waals surface area contributed by atoms with E-state index in [9.17, 15) is 24.3 Å². The van der Waals surface area contributed by atoms with Gasteiger partial charge in [-0.25, -0.2) is 0 Å². The van der Waals surface area contributed by atoms with E-state index in [2.05, 4.69) is 10.6 Å². The molecule has 0 fully saturated rings. The highest BCUT2D eigenvalue weighted by Gasteiger charge is 2.28. The molecule has 0 heterocycles. The van der Waals surface area contributed by atoms with Crippen LogP contribution in [0.1, 0.15) is 46.5 Å². The molecule has 0 saturated carbocycles. The number of amides is 3. The summed E-state index contributed by atoms with van der Waals surface area (Å²) in [7, 11) is 0. The van der Waals surface area contributed by atoms with Crippen LogP contribution in [-0.4, -0.2) is 47.8 Å². The van der Waals surface area contributed by atoms with Crippen LogP contribution in [0.3, 0.4) is 0 Å². The molecule has 0 aromatic heterocycles. The predicted octanol–water partition coefficient (Wildman–Crippen LogP) is 1.47. The van der Waals surface area contributed by atoms with Crippen molar-refractivity contribution < 1.29 is 24.3 Å². The molecular formula is C25H31N3O5. The number of ketones is 1. The fraction of sp³-hybridized carbons (Fsp3) is 0.360. The number of benzene rings is 2. The van der Waals surface area contributed by atoms with Crippen LogP contribution in [0.4, 0.5) is 0 Å². The van der Waals surface area contributed by atoms with Gasteiger partial charge in [0.15, 0.2) is 5.78 Å². The Kier molecular flexibility index (Phi) is 9.75. The standard InChI is InChI=1S/C25H31N3O5/c1-3-16(2)22(28-24(32)19-11-7-10-18(13-19)23(26)31)25(33)27-14-20(21(30)15-29)12-17-8-5-4-6-9-17/h4-11,13,16,20,22,29H,3,12,14-15H2,1-2H3,(H2,26,31)(H,27,33)(H,28,32)/t16-,20-,22-/m0/s1. The van der Waals surface area contributed by atoms with E-state index in [1.54, 1.807) is 6.07 Å². The minimum absolute atomic E-state index is 0.0348. The molecule has 2 aromatic carbocycles. The molecule has 0 aliphatic rings. The zero-order valence-electron chi connectivity index (χ0n) is 18.9. The first-order valence-corrected chi connectivity index (χ1v) is 10.9. The van der Waals surface area contributed by atoms with E-state index >= 15 is 0 Å². The number of aliphatic hydroxyl groups is 1. The van der Waals surface area contributed by atoms with Crippen LogP contribution in [-0.2, 0) is 16.0 Å². The molecule has 0 spiro atoms. The monoisotopic (exact) mass is 453 g/mol. The van der Waals surface area contributed by atoms with Gasteiger partial charge in [0, 0.05) is 23.6 Å². The summed E-state index contributed by atoms with van der Waals surface area (Å²) in [5.74, 6) is -2.74. The number of carbonyl (C=O) groups is 4. The highest BCUT2D eigenvalue weighted by atomic mass is 16.3. The van der Waals surface area contributed by atoms with Gasteiger partial charge < -0.3 is 21.5 Å². The molecule has 0 aliphatic carbocycles. The molecule has 0 saturated heterocycles. The fourth-order valence-corrected chi connectivity index (χ4v) is 3.40. The Labute approximate surface area is 193 Å². The molecule has 0 bridgehead atoms. The molecule has 2 aromatic rings. The molecule has 3 atom stereocenters. The van der Waals surface area contributed by atoms with E-state index in [1.165, 1.54) is 18.2 Å². The first-order chi connectivity index (χ1) is 15.8. The van der Waals surface area contributed by atoms with Gasteiger partial charge in [0.2, 0.25) is 11.8 Å². The smallest absolute Gasteiger partial charge is 0.251 e. The van der Waals surface area contributed by atoms with Crippen LogP contribution < -0.4 is 16.4 Å². The van der Waals surface area contributed by atoms with Gasteiger partial charge in [-0.1, -0.05) is 56.7 Å². The van der Waals surface area contributed by atoms with Crippen LogP contribution in [0.15, 0.2) is 54.6 Å². The Balaban J connectivity index is 2.11. The number of hydrogen-bond donors (Lipinski definition) is 4. The zero-order valence-corrected chi connectivity index (χ0v) is 18.9.